The number of hydrogen-bond donors (Lipinski definition) is 2. The minimum atomic E-state index is 0. The van der Waals surface area contributed by atoms with Crippen molar-refractivity contribution in [2.24, 2.45) is 5.73 Å². The van der Waals surface area contributed by atoms with Gasteiger partial charge in [0.15, 0.2) is 0 Å². The lowest BCUT2D eigenvalue weighted by atomic mass is 10.2. The molecule has 0 fully saturated rings. The Bertz CT molecular complexity index is 358. The summed E-state index contributed by atoms with van der Waals surface area (Å²) in [5.41, 5.74) is 7.24. The summed E-state index contributed by atoms with van der Waals surface area (Å²) < 4.78 is 0.960. The summed E-state index contributed by atoms with van der Waals surface area (Å²) in [6.45, 7) is 2.51. The average Bonchev–Trinajstić information content (AvgIpc) is 2.20. The summed E-state index contributed by atoms with van der Waals surface area (Å²) in [7, 11) is 0. The normalized spacial score (nSPS) is 9.44. The van der Waals surface area contributed by atoms with Crippen LogP contribution >= 0.6 is 28.3 Å². The molecule has 1 aromatic rings. The molecule has 3 N–H and O–H groups in total. The summed E-state index contributed by atoms with van der Waals surface area (Å²) in [4.78, 5) is 11.5. The molecule has 0 bridgehead atoms. The second kappa shape index (κ2) is 7.65. The van der Waals surface area contributed by atoms with Gasteiger partial charge in [0, 0.05) is 16.6 Å². The zero-order valence-electron chi connectivity index (χ0n) is 9.13. The van der Waals surface area contributed by atoms with Crippen molar-refractivity contribution < 1.29 is 4.79 Å². The van der Waals surface area contributed by atoms with Crippen LogP contribution in [0.25, 0.3) is 0 Å². The number of halogens is 2. The van der Waals surface area contributed by atoms with Gasteiger partial charge < -0.3 is 11.1 Å². The maximum atomic E-state index is 11.5. The molecule has 1 aromatic carbocycles. The Balaban J connectivity index is 0.00000225. The molecule has 16 heavy (non-hydrogen) atoms. The van der Waals surface area contributed by atoms with Crippen LogP contribution in [-0.2, 0) is 4.79 Å². The molecule has 3 nitrogen and oxygen atoms in total. The predicted molar refractivity (Wildman–Crippen MR) is 73.0 cm³/mol. The van der Waals surface area contributed by atoms with Crippen LogP contribution in [0.1, 0.15) is 18.4 Å². The van der Waals surface area contributed by atoms with Gasteiger partial charge in [0.2, 0.25) is 5.91 Å². The minimum absolute atomic E-state index is 0. The zero-order chi connectivity index (χ0) is 11.3. The number of benzene rings is 1. The van der Waals surface area contributed by atoms with E-state index >= 15 is 0 Å². The SMILES string of the molecule is Cc1ccc(Br)cc1NC(=O)CCCN.Cl. The van der Waals surface area contributed by atoms with Crippen molar-refractivity contribution in [3.63, 3.8) is 0 Å². The summed E-state index contributed by atoms with van der Waals surface area (Å²) >= 11 is 3.37. The molecule has 0 aliphatic rings. The maximum absolute atomic E-state index is 11.5. The smallest absolute Gasteiger partial charge is 0.224 e. The van der Waals surface area contributed by atoms with E-state index in [1.165, 1.54) is 0 Å². The van der Waals surface area contributed by atoms with E-state index in [0.29, 0.717) is 13.0 Å². The van der Waals surface area contributed by atoms with Gasteiger partial charge in [-0.2, -0.15) is 0 Å². The maximum Gasteiger partial charge on any atom is 0.224 e. The number of aryl methyl sites for hydroxylation is 1. The first-order valence-corrected chi connectivity index (χ1v) is 5.69. The molecule has 1 rings (SSSR count). The van der Waals surface area contributed by atoms with Gasteiger partial charge in [0.25, 0.3) is 0 Å². The van der Waals surface area contributed by atoms with E-state index in [-0.39, 0.29) is 18.3 Å². The van der Waals surface area contributed by atoms with Gasteiger partial charge in [-0.25, -0.2) is 0 Å². The van der Waals surface area contributed by atoms with Crippen molar-refractivity contribution in [3.8, 4) is 0 Å². The molecule has 0 radical (unpaired) electrons. The van der Waals surface area contributed by atoms with Crippen LogP contribution in [-0.4, -0.2) is 12.5 Å². The highest BCUT2D eigenvalue weighted by molar-refractivity contribution is 9.10. The van der Waals surface area contributed by atoms with Gasteiger partial charge in [-0.05, 0) is 37.6 Å². The molecular formula is C11H16BrClN2O. The third kappa shape index (κ3) is 4.96. The Kier molecular flexibility index (Phi) is 7.38. The highest BCUT2D eigenvalue weighted by atomic mass is 79.9. The Morgan fingerprint density at radius 2 is 2.19 bits per heavy atom. The van der Waals surface area contributed by atoms with E-state index in [0.717, 1.165) is 22.1 Å². The topological polar surface area (TPSA) is 55.1 Å². The second-order valence-electron chi connectivity index (χ2n) is 3.40. The van der Waals surface area contributed by atoms with E-state index in [2.05, 4.69) is 21.2 Å². The standard InChI is InChI=1S/C11H15BrN2O.ClH/c1-8-4-5-9(12)7-10(8)14-11(15)3-2-6-13;/h4-5,7H,2-3,6,13H2,1H3,(H,14,15);1H. The molecule has 0 saturated carbocycles. The monoisotopic (exact) mass is 306 g/mol. The van der Waals surface area contributed by atoms with Crippen LogP contribution < -0.4 is 11.1 Å². The third-order valence-electron chi connectivity index (χ3n) is 2.08. The zero-order valence-corrected chi connectivity index (χ0v) is 11.5. The highest BCUT2D eigenvalue weighted by Crippen LogP contribution is 2.20. The van der Waals surface area contributed by atoms with Gasteiger partial charge in [-0.1, -0.05) is 22.0 Å². The minimum Gasteiger partial charge on any atom is -0.330 e. The van der Waals surface area contributed by atoms with E-state index in [1.807, 2.05) is 25.1 Å². The molecule has 0 aliphatic heterocycles. The Labute approximate surface area is 110 Å². The van der Waals surface area contributed by atoms with Crippen LogP contribution in [0.15, 0.2) is 22.7 Å². The van der Waals surface area contributed by atoms with Crippen molar-refractivity contribution in [1.82, 2.24) is 0 Å². The number of carbonyl (C=O) groups is 1. The summed E-state index contributed by atoms with van der Waals surface area (Å²) in [6, 6.07) is 5.81. The van der Waals surface area contributed by atoms with Gasteiger partial charge in [0.1, 0.15) is 0 Å². The number of amides is 1. The second-order valence-corrected chi connectivity index (χ2v) is 4.32. The first-order chi connectivity index (χ1) is 7.13. The molecule has 0 aliphatic carbocycles. The molecule has 0 saturated heterocycles. The van der Waals surface area contributed by atoms with Crippen molar-refractivity contribution in [2.75, 3.05) is 11.9 Å². The lowest BCUT2D eigenvalue weighted by Gasteiger charge is -2.08. The Morgan fingerprint density at radius 1 is 1.50 bits per heavy atom. The Morgan fingerprint density at radius 3 is 2.81 bits per heavy atom. The quantitative estimate of drug-likeness (QED) is 0.898. The van der Waals surface area contributed by atoms with Crippen molar-refractivity contribution >= 4 is 39.9 Å². The predicted octanol–water partition coefficient (Wildman–Crippen LogP) is 2.86. The van der Waals surface area contributed by atoms with E-state index < -0.39 is 0 Å². The Hall–Kier alpha value is -0.580. The van der Waals surface area contributed by atoms with Crippen LogP contribution in [0, 0.1) is 6.92 Å². The lowest BCUT2D eigenvalue weighted by Crippen LogP contribution is -2.14. The highest BCUT2D eigenvalue weighted by Gasteiger charge is 2.04. The van der Waals surface area contributed by atoms with E-state index in [1.54, 1.807) is 0 Å². The molecule has 0 heterocycles. The van der Waals surface area contributed by atoms with E-state index in [4.69, 9.17) is 5.73 Å². The van der Waals surface area contributed by atoms with Crippen molar-refractivity contribution in [2.45, 2.75) is 19.8 Å². The van der Waals surface area contributed by atoms with Crippen molar-refractivity contribution in [3.05, 3.63) is 28.2 Å². The molecule has 90 valence electrons. The summed E-state index contributed by atoms with van der Waals surface area (Å²) in [5.74, 6) is 0.0154. The van der Waals surface area contributed by atoms with E-state index in [9.17, 15) is 4.79 Å². The average molecular weight is 308 g/mol. The number of anilines is 1. The number of nitrogens with two attached hydrogens (primary N) is 1. The first kappa shape index (κ1) is 15.4. The van der Waals surface area contributed by atoms with Crippen LogP contribution in [0.5, 0.6) is 0 Å². The molecule has 0 atom stereocenters. The fraction of sp³-hybridized carbons (Fsp3) is 0.364. The fourth-order valence-corrected chi connectivity index (χ4v) is 1.57. The van der Waals surface area contributed by atoms with Crippen LogP contribution in [0.4, 0.5) is 5.69 Å². The first-order valence-electron chi connectivity index (χ1n) is 4.89. The van der Waals surface area contributed by atoms with Crippen LogP contribution in [0.2, 0.25) is 0 Å². The fourth-order valence-electron chi connectivity index (χ4n) is 1.20. The molecule has 0 spiro atoms. The molecule has 0 unspecified atom stereocenters. The van der Waals surface area contributed by atoms with Gasteiger partial charge >= 0.3 is 0 Å². The molecule has 1 amide bonds. The van der Waals surface area contributed by atoms with Gasteiger partial charge in [0.05, 0.1) is 0 Å². The summed E-state index contributed by atoms with van der Waals surface area (Å²) in [5, 5.41) is 2.86. The van der Waals surface area contributed by atoms with Crippen molar-refractivity contribution in [1.29, 1.82) is 0 Å². The largest absolute Gasteiger partial charge is 0.330 e. The molecule has 0 aromatic heterocycles. The number of hydrogen-bond acceptors (Lipinski definition) is 2. The molecular weight excluding hydrogens is 291 g/mol. The number of rotatable bonds is 4. The molecule has 5 heteroatoms. The van der Waals surface area contributed by atoms with Crippen LogP contribution in [0.3, 0.4) is 0 Å². The summed E-state index contributed by atoms with van der Waals surface area (Å²) in [6.07, 6.45) is 1.20. The number of nitrogens with one attached hydrogen (secondary N) is 1. The van der Waals surface area contributed by atoms with Gasteiger partial charge in [-0.15, -0.1) is 12.4 Å². The number of carbonyl (C=O) groups excluding carboxylic acids is 1. The lowest BCUT2D eigenvalue weighted by molar-refractivity contribution is -0.116. The third-order valence-corrected chi connectivity index (χ3v) is 2.57. The van der Waals surface area contributed by atoms with Gasteiger partial charge in [-0.3, -0.25) is 4.79 Å².